The van der Waals surface area contributed by atoms with Crippen LogP contribution < -0.4 is 15.5 Å². The third-order valence-corrected chi connectivity index (χ3v) is 4.17. The summed E-state index contributed by atoms with van der Waals surface area (Å²) >= 11 is 0. The number of anilines is 1. The van der Waals surface area contributed by atoms with Gasteiger partial charge >= 0.3 is 0 Å². The van der Waals surface area contributed by atoms with Crippen LogP contribution in [0, 0.1) is 12.8 Å². The molecule has 0 heterocycles. The predicted octanol–water partition coefficient (Wildman–Crippen LogP) is 2.07. The van der Waals surface area contributed by atoms with Crippen molar-refractivity contribution < 1.29 is 4.79 Å². The molecule has 4 heteroatoms. The largest absolute Gasteiger partial charge is 0.374 e. The number of rotatable bonds is 7. The van der Waals surface area contributed by atoms with E-state index in [0.29, 0.717) is 0 Å². The van der Waals surface area contributed by atoms with E-state index >= 15 is 0 Å². The maximum absolute atomic E-state index is 11.6. The second-order valence-electron chi connectivity index (χ2n) is 6.16. The van der Waals surface area contributed by atoms with Crippen LogP contribution in [-0.2, 0) is 11.3 Å². The Morgan fingerprint density at radius 2 is 2.14 bits per heavy atom. The minimum atomic E-state index is -0.0171. The number of benzene rings is 1. The minimum absolute atomic E-state index is 0.0171. The Balaban J connectivity index is 1.95. The molecular formula is C17H27N3O. The van der Waals surface area contributed by atoms with Crippen LogP contribution in [-0.4, -0.2) is 32.6 Å². The molecule has 2 N–H and O–H groups in total. The molecule has 1 unspecified atom stereocenters. The first-order valence-corrected chi connectivity index (χ1v) is 7.77. The fourth-order valence-electron chi connectivity index (χ4n) is 2.50. The summed E-state index contributed by atoms with van der Waals surface area (Å²) in [5, 5.41) is 6.25. The molecule has 1 atom stereocenters. The molecule has 0 aliphatic heterocycles. The Kier molecular flexibility index (Phi) is 5.23. The van der Waals surface area contributed by atoms with Gasteiger partial charge in [-0.2, -0.15) is 0 Å². The van der Waals surface area contributed by atoms with E-state index in [2.05, 4.69) is 40.7 Å². The lowest BCUT2D eigenvalue weighted by Gasteiger charge is -2.23. The van der Waals surface area contributed by atoms with Gasteiger partial charge in [0.15, 0.2) is 0 Å². The zero-order valence-corrected chi connectivity index (χ0v) is 13.6. The molecule has 4 nitrogen and oxygen atoms in total. The van der Waals surface area contributed by atoms with Crippen LogP contribution in [0.1, 0.15) is 30.9 Å². The second-order valence-corrected chi connectivity index (χ2v) is 6.16. The van der Waals surface area contributed by atoms with Crippen molar-refractivity contribution in [1.82, 2.24) is 10.6 Å². The molecular weight excluding hydrogens is 262 g/mol. The van der Waals surface area contributed by atoms with Crippen LogP contribution in [0.5, 0.6) is 0 Å². The highest BCUT2D eigenvalue weighted by molar-refractivity contribution is 5.78. The van der Waals surface area contributed by atoms with Crippen LogP contribution in [0.15, 0.2) is 18.2 Å². The van der Waals surface area contributed by atoms with Gasteiger partial charge in [-0.1, -0.05) is 13.0 Å². The van der Waals surface area contributed by atoms with E-state index in [-0.39, 0.29) is 11.8 Å². The number of carbonyl (C=O) groups is 1. The van der Waals surface area contributed by atoms with Gasteiger partial charge in [-0.3, -0.25) is 4.79 Å². The van der Waals surface area contributed by atoms with Crippen molar-refractivity contribution in [3.63, 3.8) is 0 Å². The van der Waals surface area contributed by atoms with Crippen LogP contribution in [0.25, 0.3) is 0 Å². The summed E-state index contributed by atoms with van der Waals surface area (Å²) in [6.45, 7) is 5.79. The fraction of sp³-hybridized carbons (Fsp3) is 0.588. The Labute approximate surface area is 127 Å². The summed E-state index contributed by atoms with van der Waals surface area (Å²) in [4.78, 5) is 13.8. The van der Waals surface area contributed by atoms with Crippen molar-refractivity contribution >= 4 is 11.6 Å². The van der Waals surface area contributed by atoms with Crippen molar-refractivity contribution in [2.75, 3.05) is 25.5 Å². The van der Waals surface area contributed by atoms with Crippen molar-refractivity contribution in [3.8, 4) is 0 Å². The fourth-order valence-corrected chi connectivity index (χ4v) is 2.50. The summed E-state index contributed by atoms with van der Waals surface area (Å²) < 4.78 is 0. The zero-order valence-electron chi connectivity index (χ0n) is 13.6. The van der Waals surface area contributed by atoms with Crippen molar-refractivity contribution in [1.29, 1.82) is 0 Å². The molecule has 21 heavy (non-hydrogen) atoms. The molecule has 1 fully saturated rings. The standard InChI is InChI=1S/C17H27N3O/c1-12-9-16(20(4)11-13(2)17(21)18-3)8-5-14(12)10-19-15-6-7-15/h5,8-9,13,15,19H,6-7,10-11H2,1-4H3,(H,18,21). The number of carbonyl (C=O) groups excluding carboxylic acids is 1. The van der Waals surface area contributed by atoms with Gasteiger partial charge in [-0.15, -0.1) is 0 Å². The van der Waals surface area contributed by atoms with Gasteiger partial charge in [0.05, 0.1) is 5.92 Å². The summed E-state index contributed by atoms with van der Waals surface area (Å²) in [6, 6.07) is 7.29. The van der Waals surface area contributed by atoms with Crippen LogP contribution >= 0.6 is 0 Å². The van der Waals surface area contributed by atoms with E-state index in [4.69, 9.17) is 0 Å². The third kappa shape index (κ3) is 4.46. The Morgan fingerprint density at radius 1 is 1.43 bits per heavy atom. The van der Waals surface area contributed by atoms with Gasteiger partial charge in [0.2, 0.25) is 5.91 Å². The lowest BCUT2D eigenvalue weighted by molar-refractivity contribution is -0.123. The minimum Gasteiger partial charge on any atom is -0.374 e. The first-order valence-electron chi connectivity index (χ1n) is 7.77. The Morgan fingerprint density at radius 3 is 2.71 bits per heavy atom. The first-order chi connectivity index (χ1) is 10.0. The molecule has 116 valence electrons. The molecule has 0 aromatic heterocycles. The zero-order chi connectivity index (χ0) is 15.4. The molecule has 1 amide bonds. The van der Waals surface area contributed by atoms with Gasteiger partial charge in [-0.05, 0) is 43.0 Å². The monoisotopic (exact) mass is 289 g/mol. The van der Waals surface area contributed by atoms with Gasteiger partial charge in [0.1, 0.15) is 0 Å². The average Bonchev–Trinajstić information content (AvgIpc) is 3.29. The molecule has 0 bridgehead atoms. The number of amides is 1. The molecule has 1 aliphatic rings. The Hall–Kier alpha value is -1.55. The number of hydrogen-bond acceptors (Lipinski definition) is 3. The van der Waals surface area contributed by atoms with E-state index in [1.165, 1.54) is 29.7 Å². The smallest absolute Gasteiger partial charge is 0.224 e. The van der Waals surface area contributed by atoms with Gasteiger partial charge in [0.25, 0.3) is 0 Å². The average molecular weight is 289 g/mol. The van der Waals surface area contributed by atoms with Crippen molar-refractivity contribution in [2.24, 2.45) is 5.92 Å². The summed E-state index contributed by atoms with van der Waals surface area (Å²) in [7, 11) is 3.72. The molecule has 1 aromatic rings. The highest BCUT2D eigenvalue weighted by Crippen LogP contribution is 2.22. The van der Waals surface area contributed by atoms with Gasteiger partial charge in [-0.25, -0.2) is 0 Å². The molecule has 1 saturated carbocycles. The molecule has 2 rings (SSSR count). The normalized spacial score (nSPS) is 15.6. The van der Waals surface area contributed by atoms with Crippen molar-refractivity contribution in [3.05, 3.63) is 29.3 Å². The number of nitrogens with one attached hydrogen (secondary N) is 2. The molecule has 0 saturated heterocycles. The molecule has 1 aliphatic carbocycles. The second kappa shape index (κ2) is 6.94. The maximum Gasteiger partial charge on any atom is 0.224 e. The third-order valence-electron chi connectivity index (χ3n) is 4.17. The van der Waals surface area contributed by atoms with Crippen molar-refractivity contribution in [2.45, 2.75) is 39.3 Å². The molecule has 0 spiro atoms. The molecule has 1 aromatic carbocycles. The summed E-state index contributed by atoms with van der Waals surface area (Å²) in [5.41, 5.74) is 3.83. The van der Waals surface area contributed by atoms with E-state index < -0.39 is 0 Å². The van der Waals surface area contributed by atoms with Crippen LogP contribution in [0.2, 0.25) is 0 Å². The SMILES string of the molecule is CNC(=O)C(C)CN(C)c1ccc(CNC2CC2)c(C)c1. The van der Waals surface area contributed by atoms with Crippen LogP contribution in [0.4, 0.5) is 5.69 Å². The predicted molar refractivity (Wildman–Crippen MR) is 87.5 cm³/mol. The highest BCUT2D eigenvalue weighted by atomic mass is 16.1. The Bertz CT molecular complexity index is 497. The number of aryl methyl sites for hydroxylation is 1. The van der Waals surface area contributed by atoms with E-state index in [0.717, 1.165) is 19.1 Å². The quantitative estimate of drug-likeness (QED) is 0.807. The lowest BCUT2D eigenvalue weighted by atomic mass is 10.1. The van der Waals surface area contributed by atoms with Gasteiger partial charge < -0.3 is 15.5 Å². The number of hydrogen-bond donors (Lipinski definition) is 2. The topological polar surface area (TPSA) is 44.4 Å². The van der Waals surface area contributed by atoms with E-state index in [9.17, 15) is 4.79 Å². The van der Waals surface area contributed by atoms with Gasteiger partial charge in [0, 0.05) is 38.9 Å². The van der Waals surface area contributed by atoms with E-state index in [1.807, 2.05) is 14.0 Å². The summed E-state index contributed by atoms with van der Waals surface area (Å²) in [5.74, 6) is 0.0698. The molecule has 0 radical (unpaired) electrons. The lowest BCUT2D eigenvalue weighted by Crippen LogP contribution is -2.34. The highest BCUT2D eigenvalue weighted by Gasteiger charge is 2.20. The number of nitrogens with zero attached hydrogens (tertiary/aromatic N) is 1. The summed E-state index contributed by atoms with van der Waals surface area (Å²) in [6.07, 6.45) is 2.63. The van der Waals surface area contributed by atoms with Crippen LogP contribution in [0.3, 0.4) is 0 Å². The van der Waals surface area contributed by atoms with E-state index in [1.54, 1.807) is 7.05 Å². The maximum atomic E-state index is 11.6. The first kappa shape index (κ1) is 15.8.